The van der Waals surface area contributed by atoms with Crippen LogP contribution in [-0.2, 0) is 0 Å². The van der Waals surface area contributed by atoms with Gasteiger partial charge in [0.25, 0.3) is 6.01 Å². The monoisotopic (exact) mass is 282 g/mol. The van der Waals surface area contributed by atoms with Crippen molar-refractivity contribution >= 4 is 17.1 Å². The van der Waals surface area contributed by atoms with Crippen molar-refractivity contribution < 1.29 is 8.81 Å². The van der Waals surface area contributed by atoms with Crippen LogP contribution in [0.15, 0.2) is 52.9 Å². The van der Waals surface area contributed by atoms with Crippen LogP contribution in [0.5, 0.6) is 0 Å². The molecule has 4 heteroatoms. The van der Waals surface area contributed by atoms with Gasteiger partial charge < -0.3 is 9.32 Å². The number of aromatic nitrogens is 1. The van der Waals surface area contributed by atoms with E-state index in [1.807, 2.05) is 30.3 Å². The minimum absolute atomic E-state index is 0.133. The molecule has 106 valence electrons. The van der Waals surface area contributed by atoms with Crippen LogP contribution >= 0.6 is 0 Å². The zero-order valence-electron chi connectivity index (χ0n) is 11.5. The van der Waals surface area contributed by atoms with Gasteiger partial charge in [-0.05, 0) is 42.7 Å². The van der Waals surface area contributed by atoms with E-state index in [1.54, 1.807) is 12.1 Å². The molecule has 2 heterocycles. The minimum atomic E-state index is -0.197. The van der Waals surface area contributed by atoms with Crippen LogP contribution in [0.1, 0.15) is 24.4 Å². The molecular formula is C17H15FN2O. The Morgan fingerprint density at radius 3 is 2.90 bits per heavy atom. The smallest absolute Gasteiger partial charge is 0.298 e. The van der Waals surface area contributed by atoms with Crippen molar-refractivity contribution in [1.29, 1.82) is 0 Å². The number of fused-ring (bicyclic) bond motifs is 1. The van der Waals surface area contributed by atoms with Crippen molar-refractivity contribution in [3.8, 4) is 0 Å². The van der Waals surface area contributed by atoms with Crippen LogP contribution in [0.2, 0.25) is 0 Å². The lowest BCUT2D eigenvalue weighted by molar-refractivity contribution is 0.554. The predicted octanol–water partition coefficient (Wildman–Crippen LogP) is 4.31. The molecule has 1 aromatic heterocycles. The van der Waals surface area contributed by atoms with Gasteiger partial charge in [0.2, 0.25) is 0 Å². The molecule has 1 aliphatic rings. The van der Waals surface area contributed by atoms with E-state index in [2.05, 4.69) is 9.88 Å². The molecule has 1 fully saturated rings. The molecule has 0 unspecified atom stereocenters. The Labute approximate surface area is 122 Å². The molecule has 0 saturated carbocycles. The van der Waals surface area contributed by atoms with Crippen molar-refractivity contribution in [3.63, 3.8) is 0 Å². The van der Waals surface area contributed by atoms with Gasteiger partial charge in [0.15, 0.2) is 5.58 Å². The molecule has 1 atom stereocenters. The molecule has 0 radical (unpaired) electrons. The van der Waals surface area contributed by atoms with Crippen LogP contribution < -0.4 is 4.90 Å². The van der Waals surface area contributed by atoms with Gasteiger partial charge in [-0.2, -0.15) is 4.98 Å². The zero-order valence-corrected chi connectivity index (χ0v) is 11.5. The first-order valence-corrected chi connectivity index (χ1v) is 7.19. The second-order valence-corrected chi connectivity index (χ2v) is 5.37. The highest BCUT2D eigenvalue weighted by molar-refractivity contribution is 5.74. The normalized spacial score (nSPS) is 18.5. The first kappa shape index (κ1) is 12.4. The lowest BCUT2D eigenvalue weighted by atomic mass is 10.0. The lowest BCUT2D eigenvalue weighted by Crippen LogP contribution is -2.22. The Balaban J connectivity index is 1.73. The third-order valence-electron chi connectivity index (χ3n) is 4.01. The highest BCUT2D eigenvalue weighted by Crippen LogP contribution is 2.36. The third-order valence-corrected chi connectivity index (χ3v) is 4.01. The average molecular weight is 282 g/mol. The molecule has 3 nitrogen and oxygen atoms in total. The third kappa shape index (κ3) is 2.17. The van der Waals surface area contributed by atoms with Gasteiger partial charge in [0.1, 0.15) is 11.3 Å². The molecule has 0 spiro atoms. The van der Waals surface area contributed by atoms with Crippen molar-refractivity contribution in [2.24, 2.45) is 0 Å². The van der Waals surface area contributed by atoms with Gasteiger partial charge in [0, 0.05) is 6.54 Å². The summed E-state index contributed by atoms with van der Waals surface area (Å²) >= 11 is 0. The molecule has 21 heavy (non-hydrogen) atoms. The first-order chi connectivity index (χ1) is 10.3. The Morgan fingerprint density at radius 2 is 2.05 bits per heavy atom. The van der Waals surface area contributed by atoms with Crippen molar-refractivity contribution in [2.75, 3.05) is 11.4 Å². The summed E-state index contributed by atoms with van der Waals surface area (Å²) < 4.78 is 19.3. The Bertz CT molecular complexity index is 750. The molecular weight excluding hydrogens is 267 g/mol. The molecule has 0 bridgehead atoms. The highest BCUT2D eigenvalue weighted by atomic mass is 19.1. The molecule has 0 N–H and O–H groups in total. The summed E-state index contributed by atoms with van der Waals surface area (Å²) in [5.74, 6) is -0.197. The summed E-state index contributed by atoms with van der Waals surface area (Å²) in [6.07, 6.45) is 2.04. The number of nitrogens with zero attached hydrogens (tertiary/aromatic N) is 2. The zero-order chi connectivity index (χ0) is 14.2. The van der Waals surface area contributed by atoms with E-state index < -0.39 is 0 Å². The fourth-order valence-corrected chi connectivity index (χ4v) is 3.04. The minimum Gasteiger partial charge on any atom is -0.423 e. The Hall–Kier alpha value is -2.36. The summed E-state index contributed by atoms with van der Waals surface area (Å²) in [7, 11) is 0. The van der Waals surface area contributed by atoms with E-state index in [4.69, 9.17) is 4.42 Å². The summed E-state index contributed by atoms with van der Waals surface area (Å²) in [5.41, 5.74) is 2.63. The average Bonchev–Trinajstić information content (AvgIpc) is 3.13. The van der Waals surface area contributed by atoms with Gasteiger partial charge in [-0.1, -0.05) is 24.3 Å². The number of halogens is 1. The number of oxazole rings is 1. The first-order valence-electron chi connectivity index (χ1n) is 7.19. The van der Waals surface area contributed by atoms with E-state index in [9.17, 15) is 4.39 Å². The van der Waals surface area contributed by atoms with Crippen molar-refractivity contribution in [3.05, 3.63) is 59.9 Å². The predicted molar refractivity (Wildman–Crippen MR) is 79.7 cm³/mol. The molecule has 0 aliphatic carbocycles. The summed E-state index contributed by atoms with van der Waals surface area (Å²) in [6.45, 7) is 0.883. The lowest BCUT2D eigenvalue weighted by Gasteiger charge is -2.23. The number of benzene rings is 2. The second kappa shape index (κ2) is 4.88. The van der Waals surface area contributed by atoms with Crippen LogP contribution in [-0.4, -0.2) is 11.5 Å². The van der Waals surface area contributed by atoms with E-state index in [-0.39, 0.29) is 11.9 Å². The number of hydrogen-bond acceptors (Lipinski definition) is 3. The SMILES string of the molecule is Fc1cccc([C@H]2CCCN2c2nc3ccccc3o2)c1. The molecule has 3 aromatic rings. The second-order valence-electron chi connectivity index (χ2n) is 5.37. The highest BCUT2D eigenvalue weighted by Gasteiger charge is 2.29. The van der Waals surface area contributed by atoms with Crippen LogP contribution in [0.3, 0.4) is 0 Å². The van der Waals surface area contributed by atoms with Crippen molar-refractivity contribution in [1.82, 2.24) is 4.98 Å². The van der Waals surface area contributed by atoms with Crippen LogP contribution in [0.25, 0.3) is 11.1 Å². The fourth-order valence-electron chi connectivity index (χ4n) is 3.04. The van der Waals surface area contributed by atoms with Gasteiger partial charge in [-0.25, -0.2) is 4.39 Å². The quantitative estimate of drug-likeness (QED) is 0.701. The number of rotatable bonds is 2. The van der Waals surface area contributed by atoms with Crippen LogP contribution in [0.4, 0.5) is 10.4 Å². The van der Waals surface area contributed by atoms with Crippen LogP contribution in [0, 0.1) is 5.82 Å². The fraction of sp³-hybridized carbons (Fsp3) is 0.235. The standard InChI is InChI=1S/C17H15FN2O/c18-13-6-3-5-12(11-13)15-8-4-10-20(15)17-19-14-7-1-2-9-16(14)21-17/h1-3,5-7,9,11,15H,4,8,10H2/t15-/m1/s1. The Morgan fingerprint density at radius 1 is 1.14 bits per heavy atom. The van der Waals surface area contributed by atoms with E-state index in [1.165, 1.54) is 6.07 Å². The summed E-state index contributed by atoms with van der Waals surface area (Å²) in [6, 6.07) is 15.3. The molecule has 1 saturated heterocycles. The Kier molecular flexibility index (Phi) is 2.88. The molecule has 0 amide bonds. The van der Waals surface area contributed by atoms with E-state index in [0.717, 1.165) is 36.0 Å². The van der Waals surface area contributed by atoms with E-state index >= 15 is 0 Å². The largest absolute Gasteiger partial charge is 0.423 e. The van der Waals surface area contributed by atoms with Crippen molar-refractivity contribution in [2.45, 2.75) is 18.9 Å². The molecule has 2 aromatic carbocycles. The van der Waals surface area contributed by atoms with E-state index in [0.29, 0.717) is 6.01 Å². The van der Waals surface area contributed by atoms with Gasteiger partial charge >= 0.3 is 0 Å². The number of anilines is 1. The maximum absolute atomic E-state index is 13.5. The number of para-hydroxylation sites is 2. The molecule has 4 rings (SSSR count). The number of hydrogen-bond donors (Lipinski definition) is 0. The van der Waals surface area contributed by atoms with Gasteiger partial charge in [0.05, 0.1) is 6.04 Å². The maximum atomic E-state index is 13.5. The van der Waals surface area contributed by atoms with Gasteiger partial charge in [-0.3, -0.25) is 0 Å². The van der Waals surface area contributed by atoms with Gasteiger partial charge in [-0.15, -0.1) is 0 Å². The molecule has 1 aliphatic heterocycles. The summed E-state index contributed by atoms with van der Waals surface area (Å²) in [4.78, 5) is 6.69. The summed E-state index contributed by atoms with van der Waals surface area (Å²) in [5, 5.41) is 0. The topological polar surface area (TPSA) is 29.3 Å². The maximum Gasteiger partial charge on any atom is 0.298 e.